The molecule has 4 nitrogen and oxygen atoms in total. The lowest BCUT2D eigenvalue weighted by molar-refractivity contribution is -0.120. The Labute approximate surface area is 128 Å². The molecular weight excluding hydrogens is 282 g/mol. The molecule has 2 rings (SSSR count). The van der Waals surface area contributed by atoms with E-state index in [-0.39, 0.29) is 5.91 Å². The van der Waals surface area contributed by atoms with Crippen LogP contribution in [0.4, 0.5) is 5.69 Å². The molecule has 110 valence electrons. The van der Waals surface area contributed by atoms with Gasteiger partial charge in [0.1, 0.15) is 0 Å². The Bertz CT molecular complexity index is 626. The lowest BCUT2D eigenvalue weighted by atomic mass is 10.1. The highest BCUT2D eigenvalue weighted by atomic mass is 32.2. The van der Waals surface area contributed by atoms with Gasteiger partial charge in [-0.1, -0.05) is 36.4 Å². The van der Waals surface area contributed by atoms with Gasteiger partial charge < -0.3 is 5.73 Å². The molecule has 5 N–H and O–H groups in total. The number of carbonyl (C=O) groups excluding carboxylic acids is 1. The van der Waals surface area contributed by atoms with Crippen LogP contribution in [0.1, 0.15) is 16.7 Å². The number of hydrogen-bond acceptors (Lipinski definition) is 4. The molecule has 1 amide bonds. The number of nitrogens with two attached hydrogens (primary N) is 2. The molecule has 0 radical (unpaired) electrons. The van der Waals surface area contributed by atoms with Gasteiger partial charge in [-0.2, -0.15) is 0 Å². The van der Waals surface area contributed by atoms with Crippen molar-refractivity contribution in [3.8, 4) is 0 Å². The molecule has 0 heterocycles. The molecule has 2 aromatic carbocycles. The van der Waals surface area contributed by atoms with Gasteiger partial charge in [0.15, 0.2) is 0 Å². The number of thioether (sulfide) groups is 1. The van der Waals surface area contributed by atoms with E-state index in [2.05, 4.69) is 5.43 Å². The van der Waals surface area contributed by atoms with E-state index in [1.54, 1.807) is 11.8 Å². The molecule has 0 aromatic heterocycles. The van der Waals surface area contributed by atoms with Gasteiger partial charge in [-0.25, -0.2) is 5.84 Å². The Morgan fingerprint density at radius 1 is 1.14 bits per heavy atom. The smallest absolute Gasteiger partial charge is 0.238 e. The normalized spacial score (nSPS) is 10.4. The van der Waals surface area contributed by atoms with Crippen LogP contribution < -0.4 is 17.0 Å². The second kappa shape index (κ2) is 7.15. The second-order valence-corrected chi connectivity index (χ2v) is 5.85. The Balaban J connectivity index is 1.97. The van der Waals surface area contributed by atoms with Crippen LogP contribution in [-0.4, -0.2) is 5.91 Å². The average Bonchev–Trinajstić information content (AvgIpc) is 2.50. The number of nitrogens with one attached hydrogen (secondary N) is 1. The van der Waals surface area contributed by atoms with E-state index < -0.39 is 0 Å². The van der Waals surface area contributed by atoms with Crippen molar-refractivity contribution >= 4 is 23.4 Å². The minimum absolute atomic E-state index is 0.190. The number of para-hydroxylation sites is 1. The fourth-order valence-corrected chi connectivity index (χ4v) is 2.94. The Morgan fingerprint density at radius 3 is 2.48 bits per heavy atom. The van der Waals surface area contributed by atoms with Crippen LogP contribution >= 0.6 is 11.8 Å². The number of hydrogen-bond donors (Lipinski definition) is 3. The first-order chi connectivity index (χ1) is 10.1. The number of anilines is 1. The maximum absolute atomic E-state index is 11.2. The van der Waals surface area contributed by atoms with Gasteiger partial charge >= 0.3 is 0 Å². The van der Waals surface area contributed by atoms with E-state index in [0.717, 1.165) is 27.5 Å². The monoisotopic (exact) mass is 301 g/mol. The third kappa shape index (κ3) is 4.24. The van der Waals surface area contributed by atoms with Crippen molar-refractivity contribution in [1.29, 1.82) is 0 Å². The number of benzene rings is 2. The van der Waals surface area contributed by atoms with Gasteiger partial charge in [-0.05, 0) is 29.7 Å². The molecule has 0 saturated carbocycles. The van der Waals surface area contributed by atoms with Crippen molar-refractivity contribution in [3.63, 3.8) is 0 Å². The third-order valence-corrected chi connectivity index (χ3v) is 4.37. The summed E-state index contributed by atoms with van der Waals surface area (Å²) in [5.41, 5.74) is 12.3. The minimum atomic E-state index is -0.190. The van der Waals surface area contributed by atoms with Gasteiger partial charge in [0.05, 0.1) is 6.42 Å². The molecule has 0 aliphatic rings. The molecule has 5 heteroatoms. The van der Waals surface area contributed by atoms with Gasteiger partial charge in [-0.15, -0.1) is 11.8 Å². The summed E-state index contributed by atoms with van der Waals surface area (Å²) >= 11 is 1.71. The van der Waals surface area contributed by atoms with Crippen molar-refractivity contribution < 1.29 is 4.79 Å². The highest BCUT2D eigenvalue weighted by Gasteiger charge is 2.04. The summed E-state index contributed by atoms with van der Waals surface area (Å²) in [7, 11) is 0. The molecule has 0 aliphatic heterocycles. The third-order valence-electron chi connectivity index (χ3n) is 3.23. The van der Waals surface area contributed by atoms with Crippen LogP contribution in [0, 0.1) is 6.92 Å². The Morgan fingerprint density at radius 2 is 1.81 bits per heavy atom. The van der Waals surface area contributed by atoms with Crippen molar-refractivity contribution in [2.24, 2.45) is 5.84 Å². The zero-order valence-electron chi connectivity index (χ0n) is 11.9. The Hall–Kier alpha value is -1.98. The highest BCUT2D eigenvalue weighted by Crippen LogP contribution is 2.30. The lowest BCUT2D eigenvalue weighted by Gasteiger charge is -2.08. The van der Waals surface area contributed by atoms with Gasteiger partial charge in [0, 0.05) is 16.3 Å². The van der Waals surface area contributed by atoms with Crippen LogP contribution in [-0.2, 0) is 17.0 Å². The van der Waals surface area contributed by atoms with Crippen molar-refractivity contribution in [3.05, 3.63) is 59.2 Å². The van der Waals surface area contributed by atoms with Crippen LogP contribution in [0.15, 0.2) is 47.4 Å². The summed E-state index contributed by atoms with van der Waals surface area (Å²) in [6.45, 7) is 2.01. The predicted octanol–water partition coefficient (Wildman–Crippen LogP) is 2.40. The first-order valence-corrected chi connectivity index (χ1v) is 7.64. The number of hydrazine groups is 1. The first kappa shape index (κ1) is 15.4. The zero-order chi connectivity index (χ0) is 15.2. The second-order valence-electron chi connectivity index (χ2n) is 4.84. The maximum atomic E-state index is 11.2. The van der Waals surface area contributed by atoms with E-state index in [1.807, 2.05) is 49.4 Å². The average molecular weight is 301 g/mol. The molecule has 0 atom stereocenters. The molecule has 0 fully saturated rings. The number of nitrogen functional groups attached to an aromatic ring is 1. The van der Waals surface area contributed by atoms with E-state index in [0.29, 0.717) is 6.42 Å². The largest absolute Gasteiger partial charge is 0.398 e. The molecule has 21 heavy (non-hydrogen) atoms. The van der Waals surface area contributed by atoms with E-state index in [9.17, 15) is 4.79 Å². The summed E-state index contributed by atoms with van der Waals surface area (Å²) in [5.74, 6) is 5.73. The molecule has 0 unspecified atom stereocenters. The SMILES string of the molecule is Cc1cccc(SCc2ccc(CC(=O)NN)cc2)c1N. The fraction of sp³-hybridized carbons (Fsp3) is 0.188. The molecule has 0 saturated heterocycles. The maximum Gasteiger partial charge on any atom is 0.238 e. The molecule has 2 aromatic rings. The quantitative estimate of drug-likeness (QED) is 0.260. The van der Waals surface area contributed by atoms with Crippen molar-refractivity contribution in [2.75, 3.05) is 5.73 Å². The predicted molar refractivity (Wildman–Crippen MR) is 87.6 cm³/mol. The molecule has 0 aliphatic carbocycles. The number of amides is 1. The summed E-state index contributed by atoms with van der Waals surface area (Å²) < 4.78 is 0. The van der Waals surface area contributed by atoms with E-state index >= 15 is 0 Å². The number of aryl methyl sites for hydroxylation is 1. The fourth-order valence-electron chi connectivity index (χ4n) is 1.93. The van der Waals surface area contributed by atoms with Crippen LogP contribution in [0.5, 0.6) is 0 Å². The van der Waals surface area contributed by atoms with Gasteiger partial charge in [-0.3, -0.25) is 10.2 Å². The Kier molecular flexibility index (Phi) is 5.25. The van der Waals surface area contributed by atoms with Crippen LogP contribution in [0.25, 0.3) is 0 Å². The summed E-state index contributed by atoms with van der Waals surface area (Å²) in [5, 5.41) is 0. The van der Waals surface area contributed by atoms with Gasteiger partial charge in [0.25, 0.3) is 0 Å². The van der Waals surface area contributed by atoms with Crippen LogP contribution in [0.2, 0.25) is 0 Å². The standard InChI is InChI=1S/C16H19N3OS/c1-11-3-2-4-14(16(11)17)21-10-13-7-5-12(6-8-13)9-15(20)19-18/h2-8H,9-10,17-18H2,1H3,(H,19,20). The topological polar surface area (TPSA) is 81.1 Å². The lowest BCUT2D eigenvalue weighted by Crippen LogP contribution is -2.31. The number of carbonyl (C=O) groups is 1. The zero-order valence-corrected chi connectivity index (χ0v) is 12.7. The minimum Gasteiger partial charge on any atom is -0.398 e. The summed E-state index contributed by atoms with van der Waals surface area (Å²) in [4.78, 5) is 12.3. The van der Waals surface area contributed by atoms with Crippen molar-refractivity contribution in [1.82, 2.24) is 5.43 Å². The molecular formula is C16H19N3OS. The molecule has 0 bridgehead atoms. The number of rotatable bonds is 5. The highest BCUT2D eigenvalue weighted by molar-refractivity contribution is 7.98. The van der Waals surface area contributed by atoms with Gasteiger partial charge in [0.2, 0.25) is 5.91 Å². The molecule has 0 spiro atoms. The van der Waals surface area contributed by atoms with E-state index in [1.165, 1.54) is 5.56 Å². The first-order valence-electron chi connectivity index (χ1n) is 6.65. The summed E-state index contributed by atoms with van der Waals surface area (Å²) in [6, 6.07) is 14.0. The van der Waals surface area contributed by atoms with E-state index in [4.69, 9.17) is 11.6 Å². The summed E-state index contributed by atoms with van der Waals surface area (Å²) in [6.07, 6.45) is 0.300. The van der Waals surface area contributed by atoms with Crippen molar-refractivity contribution in [2.45, 2.75) is 24.0 Å². The van der Waals surface area contributed by atoms with Crippen LogP contribution in [0.3, 0.4) is 0 Å².